The van der Waals surface area contributed by atoms with Crippen LogP contribution in [0.1, 0.15) is 43.7 Å². The summed E-state index contributed by atoms with van der Waals surface area (Å²) < 4.78 is 34.4. The first-order valence-electron chi connectivity index (χ1n) is 8.04. The average Bonchev–Trinajstić information content (AvgIpc) is 3.06. The van der Waals surface area contributed by atoms with Crippen molar-refractivity contribution in [3.05, 3.63) is 29.8 Å². The van der Waals surface area contributed by atoms with Crippen molar-refractivity contribution in [3.63, 3.8) is 0 Å². The van der Waals surface area contributed by atoms with E-state index in [-0.39, 0.29) is 6.04 Å². The van der Waals surface area contributed by atoms with Gasteiger partial charge in [0, 0.05) is 19.6 Å². The van der Waals surface area contributed by atoms with Crippen LogP contribution in [0.25, 0.3) is 0 Å². The molecule has 2 fully saturated rings. The fourth-order valence-corrected chi connectivity index (χ4v) is 5.34. The normalized spacial score (nSPS) is 24.5. The summed E-state index contributed by atoms with van der Waals surface area (Å²) in [5, 5.41) is 0. The van der Waals surface area contributed by atoms with E-state index in [1.807, 2.05) is 24.3 Å². The highest BCUT2D eigenvalue weighted by molar-refractivity contribution is 7.86. The Hall–Kier alpha value is -1.11. The summed E-state index contributed by atoms with van der Waals surface area (Å²) in [5.41, 5.74) is 1.05. The van der Waals surface area contributed by atoms with Crippen LogP contribution < -0.4 is 4.74 Å². The van der Waals surface area contributed by atoms with Gasteiger partial charge < -0.3 is 4.74 Å². The second kappa shape index (κ2) is 6.56. The Morgan fingerprint density at radius 2 is 1.68 bits per heavy atom. The summed E-state index contributed by atoms with van der Waals surface area (Å²) in [6, 6.07) is 7.72. The maximum Gasteiger partial charge on any atom is 0.282 e. The lowest BCUT2D eigenvalue weighted by Crippen LogP contribution is -2.45. The largest absolute Gasteiger partial charge is 0.497 e. The quantitative estimate of drug-likeness (QED) is 0.855. The minimum absolute atomic E-state index is 0.0437. The van der Waals surface area contributed by atoms with Gasteiger partial charge in [-0.3, -0.25) is 0 Å². The standard InChI is InChI=1S/C16H24N2O3S/c1-21-15-9-7-14(8-10-15)16-6-5-13-18(16)22(19,20)17-11-3-2-4-12-17/h7-10,16H,2-6,11-13H2,1H3/t16-/m0/s1. The zero-order valence-electron chi connectivity index (χ0n) is 13.1. The Kier molecular flexibility index (Phi) is 4.70. The van der Waals surface area contributed by atoms with Crippen molar-refractivity contribution in [2.24, 2.45) is 0 Å². The van der Waals surface area contributed by atoms with E-state index in [0.29, 0.717) is 19.6 Å². The van der Waals surface area contributed by atoms with Gasteiger partial charge in [-0.1, -0.05) is 18.6 Å². The number of benzene rings is 1. The Labute approximate surface area is 133 Å². The molecule has 6 heteroatoms. The SMILES string of the molecule is COc1ccc([C@@H]2CCCN2S(=O)(=O)N2CCCCC2)cc1. The molecule has 122 valence electrons. The molecule has 0 bridgehead atoms. The molecule has 0 unspecified atom stereocenters. The van der Waals surface area contributed by atoms with Gasteiger partial charge in [-0.15, -0.1) is 0 Å². The van der Waals surface area contributed by atoms with E-state index in [4.69, 9.17) is 4.74 Å². The molecule has 2 saturated heterocycles. The van der Waals surface area contributed by atoms with Crippen LogP contribution in [0.2, 0.25) is 0 Å². The number of ether oxygens (including phenoxy) is 1. The minimum Gasteiger partial charge on any atom is -0.497 e. The fourth-order valence-electron chi connectivity index (χ4n) is 3.42. The van der Waals surface area contributed by atoms with Gasteiger partial charge in [-0.05, 0) is 43.4 Å². The molecular formula is C16H24N2O3S. The Morgan fingerprint density at radius 3 is 2.32 bits per heavy atom. The van der Waals surface area contributed by atoms with Gasteiger partial charge in [0.1, 0.15) is 5.75 Å². The summed E-state index contributed by atoms with van der Waals surface area (Å²) in [7, 11) is -1.70. The molecular weight excluding hydrogens is 300 g/mol. The molecule has 0 spiro atoms. The van der Waals surface area contributed by atoms with E-state index >= 15 is 0 Å². The van der Waals surface area contributed by atoms with E-state index in [1.165, 1.54) is 0 Å². The summed E-state index contributed by atoms with van der Waals surface area (Å²) in [4.78, 5) is 0. The van der Waals surface area contributed by atoms with Crippen LogP contribution >= 0.6 is 0 Å². The second-order valence-electron chi connectivity index (χ2n) is 6.01. The van der Waals surface area contributed by atoms with E-state index in [2.05, 4.69) is 0 Å². The van der Waals surface area contributed by atoms with Crippen LogP contribution in [0, 0.1) is 0 Å². The van der Waals surface area contributed by atoms with Crippen LogP contribution in [0.4, 0.5) is 0 Å². The molecule has 1 atom stereocenters. The van der Waals surface area contributed by atoms with E-state index in [9.17, 15) is 8.42 Å². The van der Waals surface area contributed by atoms with Gasteiger partial charge in [0.15, 0.2) is 0 Å². The fraction of sp³-hybridized carbons (Fsp3) is 0.625. The molecule has 2 aliphatic rings. The third-order valence-corrected chi connectivity index (χ3v) is 6.69. The summed E-state index contributed by atoms with van der Waals surface area (Å²) in [6.45, 7) is 1.94. The number of nitrogens with zero attached hydrogens (tertiary/aromatic N) is 2. The summed E-state index contributed by atoms with van der Waals surface area (Å²) in [5.74, 6) is 0.798. The Balaban J connectivity index is 1.82. The molecule has 0 N–H and O–H groups in total. The number of rotatable bonds is 4. The molecule has 0 saturated carbocycles. The van der Waals surface area contributed by atoms with Gasteiger partial charge in [0.05, 0.1) is 13.2 Å². The first kappa shape index (κ1) is 15.8. The molecule has 0 aromatic heterocycles. The molecule has 1 aromatic rings. The Bertz CT molecular complexity index is 594. The first-order chi connectivity index (χ1) is 10.6. The van der Waals surface area contributed by atoms with Crippen LogP contribution in [0.3, 0.4) is 0 Å². The lowest BCUT2D eigenvalue weighted by atomic mass is 10.1. The van der Waals surface area contributed by atoms with Gasteiger partial charge in [-0.2, -0.15) is 17.0 Å². The molecule has 2 aliphatic heterocycles. The molecule has 2 heterocycles. The third kappa shape index (κ3) is 3.00. The minimum atomic E-state index is -3.34. The molecule has 1 aromatic carbocycles. The maximum absolute atomic E-state index is 12.9. The average molecular weight is 324 g/mol. The highest BCUT2D eigenvalue weighted by Crippen LogP contribution is 2.36. The van der Waals surface area contributed by atoms with Crippen molar-refractivity contribution in [2.45, 2.75) is 38.1 Å². The molecule has 0 radical (unpaired) electrons. The molecule has 3 rings (SSSR count). The topological polar surface area (TPSA) is 49.9 Å². The third-order valence-electron chi connectivity index (χ3n) is 4.64. The van der Waals surface area contributed by atoms with Crippen molar-refractivity contribution in [2.75, 3.05) is 26.7 Å². The number of methoxy groups -OCH3 is 1. The molecule has 5 nitrogen and oxygen atoms in total. The van der Waals surface area contributed by atoms with Crippen molar-refractivity contribution in [1.82, 2.24) is 8.61 Å². The van der Waals surface area contributed by atoms with Crippen LogP contribution in [-0.2, 0) is 10.2 Å². The van der Waals surface area contributed by atoms with Gasteiger partial charge in [0.25, 0.3) is 10.2 Å². The van der Waals surface area contributed by atoms with Crippen LogP contribution in [0.5, 0.6) is 5.75 Å². The molecule has 0 aliphatic carbocycles. The van der Waals surface area contributed by atoms with Gasteiger partial charge >= 0.3 is 0 Å². The van der Waals surface area contributed by atoms with Crippen molar-refractivity contribution >= 4 is 10.2 Å². The molecule has 0 amide bonds. The lowest BCUT2D eigenvalue weighted by molar-refractivity contribution is 0.296. The lowest BCUT2D eigenvalue weighted by Gasteiger charge is -2.33. The van der Waals surface area contributed by atoms with E-state index in [0.717, 1.165) is 43.4 Å². The zero-order chi connectivity index (χ0) is 15.6. The maximum atomic E-state index is 12.9. The van der Waals surface area contributed by atoms with Crippen molar-refractivity contribution in [1.29, 1.82) is 0 Å². The number of hydrogen-bond acceptors (Lipinski definition) is 3. The predicted octanol–water partition coefficient (Wildman–Crippen LogP) is 2.56. The van der Waals surface area contributed by atoms with E-state index in [1.54, 1.807) is 15.7 Å². The zero-order valence-corrected chi connectivity index (χ0v) is 13.9. The van der Waals surface area contributed by atoms with Gasteiger partial charge in [0.2, 0.25) is 0 Å². The van der Waals surface area contributed by atoms with Gasteiger partial charge in [-0.25, -0.2) is 0 Å². The number of piperidine rings is 1. The summed E-state index contributed by atoms with van der Waals surface area (Å²) >= 11 is 0. The smallest absolute Gasteiger partial charge is 0.282 e. The van der Waals surface area contributed by atoms with Crippen LogP contribution in [-0.4, -0.2) is 43.8 Å². The Morgan fingerprint density at radius 1 is 1.00 bits per heavy atom. The highest BCUT2D eigenvalue weighted by atomic mass is 32.2. The van der Waals surface area contributed by atoms with Crippen molar-refractivity contribution < 1.29 is 13.2 Å². The highest BCUT2D eigenvalue weighted by Gasteiger charge is 2.39. The number of hydrogen-bond donors (Lipinski definition) is 0. The monoisotopic (exact) mass is 324 g/mol. The first-order valence-corrected chi connectivity index (χ1v) is 9.43. The predicted molar refractivity (Wildman–Crippen MR) is 86.0 cm³/mol. The summed E-state index contributed by atoms with van der Waals surface area (Å²) in [6.07, 6.45) is 4.89. The van der Waals surface area contributed by atoms with E-state index < -0.39 is 10.2 Å². The molecule has 22 heavy (non-hydrogen) atoms. The van der Waals surface area contributed by atoms with Crippen molar-refractivity contribution in [3.8, 4) is 5.75 Å². The van der Waals surface area contributed by atoms with Crippen LogP contribution in [0.15, 0.2) is 24.3 Å². The second-order valence-corrected chi connectivity index (χ2v) is 7.89.